The lowest BCUT2D eigenvalue weighted by molar-refractivity contribution is 0.0565. The van der Waals surface area contributed by atoms with Crippen LogP contribution in [0.5, 0.6) is 0 Å². The van der Waals surface area contributed by atoms with E-state index in [-0.39, 0.29) is 0 Å². The van der Waals surface area contributed by atoms with Crippen LogP contribution in [0.15, 0.2) is 18.2 Å². The van der Waals surface area contributed by atoms with Crippen LogP contribution in [0.4, 0.5) is 8.78 Å². The Kier molecular flexibility index (Phi) is 2.97. The third-order valence-electron chi connectivity index (χ3n) is 1.50. The van der Waals surface area contributed by atoms with Gasteiger partial charge in [-0.25, -0.2) is 0 Å². The van der Waals surface area contributed by atoms with Crippen molar-refractivity contribution in [3.05, 3.63) is 34.9 Å². The van der Waals surface area contributed by atoms with Gasteiger partial charge in [-0.05, 0) is 12.1 Å². The molecule has 0 saturated heterocycles. The zero-order chi connectivity index (χ0) is 11.0. The first-order valence-corrected chi connectivity index (χ1v) is 5.35. The van der Waals surface area contributed by atoms with Crippen LogP contribution < -0.4 is 0 Å². The van der Waals surface area contributed by atoms with Crippen LogP contribution in [-0.4, -0.2) is 9.79 Å². The number of hydrogen-bond acceptors (Lipinski definition) is 1. The van der Waals surface area contributed by atoms with Crippen LogP contribution in [0.2, 0.25) is 5.02 Å². The van der Waals surface area contributed by atoms with Gasteiger partial charge in [0.15, 0.2) is 0 Å². The van der Waals surface area contributed by atoms with Crippen LogP contribution in [0.25, 0.3) is 0 Å². The van der Waals surface area contributed by atoms with Crippen LogP contribution in [-0.2, 0) is 10.2 Å². The molecule has 1 rings (SSSR count). The van der Waals surface area contributed by atoms with Crippen molar-refractivity contribution in [1.29, 1.82) is 0 Å². The zero-order valence-electron chi connectivity index (χ0n) is 6.62. The standard InChI is InChI=1S/C7H5ClF2O3P/c8-6-4-2-1-3-5(6)7(9,10)14(11,12)13/h1,3-4H,(H2,11,12,13). The molecule has 0 heterocycles. The Morgan fingerprint density at radius 1 is 1.50 bits per heavy atom. The summed E-state index contributed by atoms with van der Waals surface area (Å²) in [5.41, 5.74) is -5.16. The summed E-state index contributed by atoms with van der Waals surface area (Å²) in [4.78, 5) is 16.8. The van der Waals surface area contributed by atoms with Crippen molar-refractivity contribution in [2.24, 2.45) is 0 Å². The predicted molar refractivity (Wildman–Crippen MR) is 46.2 cm³/mol. The maximum atomic E-state index is 13.1. The molecule has 0 atom stereocenters. The average molecular weight is 242 g/mol. The van der Waals surface area contributed by atoms with Gasteiger partial charge in [-0.2, -0.15) is 8.78 Å². The topological polar surface area (TPSA) is 57.5 Å². The van der Waals surface area contributed by atoms with Crippen molar-refractivity contribution >= 4 is 19.2 Å². The fraction of sp³-hybridized carbons (Fsp3) is 0.143. The predicted octanol–water partition coefficient (Wildman–Crippen LogP) is 2.37. The number of rotatable bonds is 2. The Labute approximate surface area is 83.5 Å². The van der Waals surface area contributed by atoms with Gasteiger partial charge in [-0.15, -0.1) is 0 Å². The van der Waals surface area contributed by atoms with Gasteiger partial charge in [0.05, 0.1) is 10.6 Å². The van der Waals surface area contributed by atoms with Crippen molar-refractivity contribution in [3.8, 4) is 0 Å². The summed E-state index contributed by atoms with van der Waals surface area (Å²) in [6, 6.07) is 5.34. The Morgan fingerprint density at radius 3 is 2.50 bits per heavy atom. The fourth-order valence-corrected chi connectivity index (χ4v) is 1.63. The minimum Gasteiger partial charge on any atom is -0.320 e. The van der Waals surface area contributed by atoms with E-state index in [2.05, 4.69) is 6.07 Å². The maximum Gasteiger partial charge on any atom is 0.399 e. The molecular formula is C7H5ClF2O3P. The summed E-state index contributed by atoms with van der Waals surface area (Å²) in [5, 5.41) is -0.430. The van der Waals surface area contributed by atoms with Crippen LogP contribution in [0, 0.1) is 6.07 Å². The van der Waals surface area contributed by atoms with Crippen LogP contribution in [0.3, 0.4) is 0 Å². The van der Waals surface area contributed by atoms with Gasteiger partial charge >= 0.3 is 13.3 Å². The molecule has 0 unspecified atom stereocenters. The highest BCUT2D eigenvalue weighted by Gasteiger charge is 2.51. The van der Waals surface area contributed by atoms with Gasteiger partial charge in [0.2, 0.25) is 0 Å². The third-order valence-corrected chi connectivity index (χ3v) is 2.79. The second-order valence-corrected chi connectivity index (χ2v) is 4.55. The maximum absolute atomic E-state index is 13.1. The normalized spacial score (nSPS) is 12.9. The van der Waals surface area contributed by atoms with Gasteiger partial charge in [-0.1, -0.05) is 23.7 Å². The van der Waals surface area contributed by atoms with Crippen molar-refractivity contribution < 1.29 is 23.1 Å². The van der Waals surface area contributed by atoms with E-state index in [0.717, 1.165) is 18.2 Å². The molecule has 0 saturated carbocycles. The quantitative estimate of drug-likeness (QED) is 0.782. The highest BCUT2D eigenvalue weighted by atomic mass is 35.5. The molecule has 77 valence electrons. The molecule has 1 aromatic carbocycles. The second kappa shape index (κ2) is 3.59. The first kappa shape index (κ1) is 11.6. The SMILES string of the molecule is O=P(O)(O)C(F)(F)c1cc[c]cc1Cl. The molecule has 1 radical (unpaired) electrons. The molecule has 2 N–H and O–H groups in total. The summed E-state index contributed by atoms with van der Waals surface area (Å²) in [7, 11) is -5.55. The number of alkyl halides is 2. The molecule has 0 fully saturated rings. The summed E-state index contributed by atoms with van der Waals surface area (Å²) in [6.45, 7) is 0. The molecule has 14 heavy (non-hydrogen) atoms. The zero-order valence-corrected chi connectivity index (χ0v) is 8.27. The second-order valence-electron chi connectivity index (χ2n) is 2.49. The van der Waals surface area contributed by atoms with Gasteiger partial charge in [0.25, 0.3) is 0 Å². The van der Waals surface area contributed by atoms with E-state index in [1.165, 1.54) is 0 Å². The molecule has 0 bridgehead atoms. The number of hydrogen-bond donors (Lipinski definition) is 2. The van der Waals surface area contributed by atoms with E-state index >= 15 is 0 Å². The Hall–Kier alpha value is -0.480. The van der Waals surface area contributed by atoms with Crippen molar-refractivity contribution in [3.63, 3.8) is 0 Å². The molecule has 1 aromatic rings. The summed E-state index contributed by atoms with van der Waals surface area (Å²) >= 11 is 5.36. The van der Waals surface area contributed by atoms with Gasteiger partial charge < -0.3 is 9.79 Å². The van der Waals surface area contributed by atoms with Crippen LogP contribution in [0.1, 0.15) is 5.56 Å². The molecule has 0 aliphatic rings. The van der Waals surface area contributed by atoms with Crippen molar-refractivity contribution in [2.75, 3.05) is 0 Å². The van der Waals surface area contributed by atoms with Gasteiger partial charge in [-0.3, -0.25) is 4.57 Å². The van der Waals surface area contributed by atoms with Crippen molar-refractivity contribution in [1.82, 2.24) is 0 Å². The summed E-state index contributed by atoms with van der Waals surface area (Å²) in [5.74, 6) is 0. The smallest absolute Gasteiger partial charge is 0.320 e. The Balaban J connectivity index is 3.31. The van der Waals surface area contributed by atoms with Crippen molar-refractivity contribution in [2.45, 2.75) is 5.66 Å². The number of benzene rings is 1. The minimum atomic E-state index is -5.55. The monoisotopic (exact) mass is 241 g/mol. The molecule has 0 aliphatic carbocycles. The van der Waals surface area contributed by atoms with Crippen LogP contribution >= 0.6 is 19.2 Å². The third kappa shape index (κ3) is 1.96. The summed E-state index contributed by atoms with van der Waals surface area (Å²) in [6.07, 6.45) is 0. The van der Waals surface area contributed by atoms with Gasteiger partial charge in [0, 0.05) is 0 Å². The lowest BCUT2D eigenvalue weighted by Crippen LogP contribution is -2.14. The molecular weight excluding hydrogens is 236 g/mol. The lowest BCUT2D eigenvalue weighted by atomic mass is 10.2. The van der Waals surface area contributed by atoms with E-state index in [1.54, 1.807) is 0 Å². The number of halogens is 3. The first-order valence-electron chi connectivity index (χ1n) is 3.36. The lowest BCUT2D eigenvalue weighted by Gasteiger charge is -2.18. The van der Waals surface area contributed by atoms with E-state index in [1.807, 2.05) is 0 Å². The molecule has 0 amide bonds. The average Bonchev–Trinajstić information content (AvgIpc) is 2.02. The Bertz CT molecular complexity index is 390. The van der Waals surface area contributed by atoms with Gasteiger partial charge in [0.1, 0.15) is 0 Å². The van der Waals surface area contributed by atoms with E-state index in [9.17, 15) is 13.3 Å². The first-order chi connectivity index (χ1) is 6.27. The molecule has 3 nitrogen and oxygen atoms in total. The Morgan fingerprint density at radius 2 is 2.07 bits per heavy atom. The fourth-order valence-electron chi connectivity index (χ4n) is 0.811. The largest absolute Gasteiger partial charge is 0.399 e. The molecule has 0 spiro atoms. The highest BCUT2D eigenvalue weighted by molar-refractivity contribution is 7.52. The molecule has 0 aromatic heterocycles. The minimum absolute atomic E-state index is 0.430. The summed E-state index contributed by atoms with van der Waals surface area (Å²) < 4.78 is 36.6. The van der Waals surface area contributed by atoms with E-state index in [0.29, 0.717) is 0 Å². The molecule has 0 aliphatic heterocycles. The van der Waals surface area contributed by atoms with E-state index < -0.39 is 23.8 Å². The van der Waals surface area contributed by atoms with E-state index in [4.69, 9.17) is 21.4 Å². The molecule has 7 heteroatoms. The highest BCUT2D eigenvalue weighted by Crippen LogP contribution is 2.60.